The number of carboxylic acids is 1. The second-order valence-corrected chi connectivity index (χ2v) is 9.99. The summed E-state index contributed by atoms with van der Waals surface area (Å²) >= 11 is 0. The molecule has 0 bridgehead atoms. The third-order valence-electron chi connectivity index (χ3n) is 5.20. The Kier molecular flexibility index (Phi) is 10.1. The lowest BCUT2D eigenvalue weighted by molar-refractivity contribution is -0.476. The zero-order chi connectivity index (χ0) is 36.6. The molecule has 0 amide bonds. The Hall–Kier alpha value is -2.23. The summed E-state index contributed by atoms with van der Waals surface area (Å²) in [6.45, 7) is -4.01. The number of rotatable bonds is 14. The van der Waals surface area contributed by atoms with Crippen LogP contribution in [0.1, 0.15) is 6.92 Å². The van der Waals surface area contributed by atoms with E-state index >= 15 is 0 Å². The van der Waals surface area contributed by atoms with E-state index in [2.05, 4.69) is 0 Å². The zero-order valence-corrected chi connectivity index (χ0v) is 20.5. The summed E-state index contributed by atoms with van der Waals surface area (Å²) in [5.74, 6) is -86.1. The van der Waals surface area contributed by atoms with Crippen molar-refractivity contribution in [2.75, 3.05) is 13.1 Å². The van der Waals surface area contributed by atoms with Gasteiger partial charge in [-0.1, -0.05) is 6.92 Å². The average molecular weight is 735 g/mol. The molecule has 0 atom stereocenters. The van der Waals surface area contributed by atoms with E-state index < -0.39 is 98.1 Å². The van der Waals surface area contributed by atoms with Crippen molar-refractivity contribution in [1.29, 1.82) is 0 Å². The SMILES string of the molecule is CCN(CC(=O)O)S(=O)(=O)C(F)(F)C(F)(F)C(F)(F)C(F)(F)C(F)(F)C(F)(F)C(F)(F)C(F)(F)C(F)(F)C(F)(F)C(F)(F)F. The molecule has 0 radical (unpaired) electrons. The van der Waals surface area contributed by atoms with Crippen molar-refractivity contribution < 1.29 is 119 Å². The van der Waals surface area contributed by atoms with Gasteiger partial charge in [0, 0.05) is 6.54 Å². The molecule has 5 nitrogen and oxygen atoms in total. The van der Waals surface area contributed by atoms with E-state index in [9.17, 15) is 114 Å². The number of likely N-dealkylation sites (N-methyl/N-ethyl adjacent to an activating group) is 1. The highest BCUT2D eigenvalue weighted by Crippen LogP contribution is 2.67. The van der Waals surface area contributed by atoms with Crippen LogP contribution in [0.5, 0.6) is 0 Å². The Morgan fingerprint density at radius 3 is 0.932 bits per heavy atom. The molecule has 0 aromatic carbocycles. The molecule has 44 heavy (non-hydrogen) atoms. The molecular weight excluding hydrogens is 727 g/mol. The first-order valence-electron chi connectivity index (χ1n) is 9.69. The molecule has 0 aliphatic rings. The van der Waals surface area contributed by atoms with Crippen molar-refractivity contribution in [1.82, 2.24) is 4.31 Å². The maximum Gasteiger partial charge on any atom is 0.460 e. The molecule has 0 fully saturated rings. The van der Waals surface area contributed by atoms with Crippen LogP contribution in [0.15, 0.2) is 0 Å². The van der Waals surface area contributed by atoms with Crippen LogP contribution in [0.4, 0.5) is 101 Å². The zero-order valence-electron chi connectivity index (χ0n) is 19.6. The molecule has 0 saturated heterocycles. The van der Waals surface area contributed by atoms with Crippen LogP contribution in [0.3, 0.4) is 0 Å². The van der Waals surface area contributed by atoms with Crippen LogP contribution in [-0.2, 0) is 14.8 Å². The Bertz CT molecular complexity index is 1190. The fourth-order valence-electron chi connectivity index (χ4n) is 2.58. The van der Waals surface area contributed by atoms with Crippen LogP contribution < -0.4 is 0 Å². The predicted octanol–water partition coefficient (Wildman–Crippen LogP) is 6.60. The van der Waals surface area contributed by atoms with Crippen molar-refractivity contribution in [3.63, 3.8) is 0 Å². The van der Waals surface area contributed by atoms with Crippen LogP contribution in [0.2, 0.25) is 0 Å². The first-order valence-corrected chi connectivity index (χ1v) is 11.1. The standard InChI is InChI=1S/C15H8F23NO4S/c1-2-39(3-4(40)41)44(42,43)15(37,38)13(32,33)11(28,29)9(24,25)7(20,21)5(16,17)6(18,19)8(22,23)10(26,27)12(30,31)14(34,35)36/h2-3H2,1H3,(H,40,41). The highest BCUT2D eigenvalue weighted by molar-refractivity contribution is 7.90. The molecule has 0 aliphatic heterocycles. The molecule has 0 rings (SSSR count). The number of nitrogens with zero attached hydrogens (tertiary/aromatic N) is 1. The van der Waals surface area contributed by atoms with Crippen LogP contribution in [0, 0.1) is 0 Å². The summed E-state index contributed by atoms with van der Waals surface area (Å²) in [4.78, 5) is 10.5. The van der Waals surface area contributed by atoms with E-state index in [1.165, 1.54) is 0 Å². The minimum Gasteiger partial charge on any atom is -0.480 e. The van der Waals surface area contributed by atoms with Gasteiger partial charge in [-0.2, -0.15) is 105 Å². The molecular formula is C15H8F23NO4S. The van der Waals surface area contributed by atoms with E-state index in [-0.39, 0.29) is 6.92 Å². The fourth-order valence-corrected chi connectivity index (χ4v) is 3.98. The Morgan fingerprint density at radius 2 is 0.727 bits per heavy atom. The quantitative estimate of drug-likeness (QED) is 0.205. The van der Waals surface area contributed by atoms with Crippen LogP contribution >= 0.6 is 0 Å². The molecule has 0 aromatic heterocycles. The van der Waals surface area contributed by atoms with E-state index in [1.807, 2.05) is 0 Å². The van der Waals surface area contributed by atoms with Gasteiger partial charge in [0.15, 0.2) is 0 Å². The lowest BCUT2D eigenvalue weighted by Gasteiger charge is -2.45. The number of carboxylic acid groups (broad SMARTS) is 1. The first kappa shape index (κ1) is 41.8. The molecule has 0 heterocycles. The molecule has 29 heteroatoms. The molecule has 0 aromatic rings. The summed E-state index contributed by atoms with van der Waals surface area (Å²) in [5, 5.41) is 0.271. The van der Waals surface area contributed by atoms with E-state index in [0.29, 0.717) is 0 Å². The Morgan fingerprint density at radius 1 is 0.500 bits per heavy atom. The van der Waals surface area contributed by atoms with Crippen molar-refractivity contribution in [2.24, 2.45) is 0 Å². The second kappa shape index (κ2) is 10.7. The number of hydrogen-bond donors (Lipinski definition) is 1. The van der Waals surface area contributed by atoms with Gasteiger partial charge in [-0.05, 0) is 0 Å². The summed E-state index contributed by atoms with van der Waals surface area (Å²) in [6.07, 6.45) is -8.18. The number of alkyl halides is 23. The molecule has 0 saturated carbocycles. The van der Waals surface area contributed by atoms with E-state index in [0.717, 1.165) is 0 Å². The summed E-state index contributed by atoms with van der Waals surface area (Å²) in [5.41, 5.74) is 0. The van der Waals surface area contributed by atoms with Gasteiger partial charge >= 0.3 is 70.7 Å². The van der Waals surface area contributed by atoms with Crippen LogP contribution in [-0.4, -0.2) is 102 Å². The third kappa shape index (κ3) is 5.05. The average Bonchev–Trinajstić information content (AvgIpc) is 2.80. The maximum atomic E-state index is 14.0. The normalized spacial score (nSPS) is 16.5. The largest absolute Gasteiger partial charge is 0.480 e. The van der Waals surface area contributed by atoms with Crippen molar-refractivity contribution in [2.45, 2.75) is 71.7 Å². The Balaban J connectivity index is 7.44. The minimum atomic E-state index is -9.62. The van der Waals surface area contributed by atoms with Crippen molar-refractivity contribution in [3.8, 4) is 0 Å². The predicted molar refractivity (Wildman–Crippen MR) is 89.3 cm³/mol. The van der Waals surface area contributed by atoms with Crippen LogP contribution in [0.25, 0.3) is 0 Å². The van der Waals surface area contributed by atoms with Gasteiger partial charge in [-0.3, -0.25) is 4.79 Å². The number of hydrogen-bond acceptors (Lipinski definition) is 3. The number of sulfonamides is 1. The van der Waals surface area contributed by atoms with Gasteiger partial charge in [0.2, 0.25) is 0 Å². The van der Waals surface area contributed by atoms with Gasteiger partial charge in [0.05, 0.1) is 0 Å². The van der Waals surface area contributed by atoms with Gasteiger partial charge < -0.3 is 5.11 Å². The summed E-state index contributed by atoms with van der Waals surface area (Å²) < 4.78 is 330. The van der Waals surface area contributed by atoms with E-state index in [1.54, 1.807) is 0 Å². The van der Waals surface area contributed by atoms with Gasteiger partial charge in [-0.25, -0.2) is 8.42 Å². The van der Waals surface area contributed by atoms with Gasteiger partial charge in [0.25, 0.3) is 10.0 Å². The Labute approximate surface area is 225 Å². The smallest absolute Gasteiger partial charge is 0.460 e. The lowest BCUT2D eigenvalue weighted by atomic mass is 9.86. The number of carbonyl (C=O) groups is 1. The van der Waals surface area contributed by atoms with Crippen molar-refractivity contribution in [3.05, 3.63) is 0 Å². The number of halogens is 23. The summed E-state index contributed by atoms with van der Waals surface area (Å²) in [6, 6.07) is 0. The topological polar surface area (TPSA) is 74.7 Å². The maximum absolute atomic E-state index is 14.0. The highest BCUT2D eigenvalue weighted by atomic mass is 32.2. The molecule has 0 spiro atoms. The van der Waals surface area contributed by atoms with E-state index in [4.69, 9.17) is 5.11 Å². The monoisotopic (exact) mass is 735 g/mol. The first-order chi connectivity index (χ1) is 18.6. The molecule has 1 N–H and O–H groups in total. The molecule has 264 valence electrons. The number of aliphatic carboxylic acids is 1. The third-order valence-corrected chi connectivity index (χ3v) is 7.18. The fraction of sp³-hybridized carbons (Fsp3) is 0.933. The van der Waals surface area contributed by atoms with Gasteiger partial charge in [-0.15, -0.1) is 0 Å². The lowest BCUT2D eigenvalue weighted by Crippen LogP contribution is -2.78. The van der Waals surface area contributed by atoms with Crippen molar-refractivity contribution >= 4 is 16.0 Å². The molecule has 0 aliphatic carbocycles. The van der Waals surface area contributed by atoms with Gasteiger partial charge in [0.1, 0.15) is 6.54 Å². The summed E-state index contributed by atoms with van der Waals surface area (Å²) in [7, 11) is -7.86. The molecule has 0 unspecified atom stereocenters. The minimum absolute atomic E-state index is 0.233. The second-order valence-electron chi connectivity index (χ2n) is 8.01. The highest BCUT2D eigenvalue weighted by Gasteiger charge is 2.99.